The fraction of sp³-hybridized carbons (Fsp3) is 0.353. The number of amides is 1. The zero-order chi connectivity index (χ0) is 14.3. The lowest BCUT2D eigenvalue weighted by atomic mass is 10.1. The van der Waals surface area contributed by atoms with Crippen molar-refractivity contribution >= 4 is 22.4 Å². The van der Waals surface area contributed by atoms with Crippen molar-refractivity contribution in [2.45, 2.75) is 26.3 Å². The van der Waals surface area contributed by atoms with Crippen LogP contribution in [0.1, 0.15) is 31.1 Å². The van der Waals surface area contributed by atoms with Gasteiger partial charge in [-0.3, -0.25) is 4.79 Å². The first-order valence-electron chi connectivity index (χ1n) is 7.06. The SMILES string of the molecule is CC(C)(C)NCCN1C(=O)c2cccc3cccc1c23. The molecular formula is C17H20N2O. The average Bonchev–Trinajstić information content (AvgIpc) is 2.66. The first-order chi connectivity index (χ1) is 9.47. The van der Waals surface area contributed by atoms with Gasteiger partial charge in [-0.15, -0.1) is 0 Å². The number of hydrogen-bond donors (Lipinski definition) is 1. The molecule has 104 valence electrons. The van der Waals surface area contributed by atoms with E-state index in [-0.39, 0.29) is 11.4 Å². The van der Waals surface area contributed by atoms with Gasteiger partial charge in [-0.25, -0.2) is 0 Å². The zero-order valence-electron chi connectivity index (χ0n) is 12.2. The highest BCUT2D eigenvalue weighted by Gasteiger charge is 2.29. The largest absolute Gasteiger partial charge is 0.310 e. The van der Waals surface area contributed by atoms with E-state index in [1.54, 1.807) is 0 Å². The number of anilines is 1. The van der Waals surface area contributed by atoms with Crippen LogP contribution in [-0.2, 0) is 0 Å². The van der Waals surface area contributed by atoms with Crippen LogP contribution in [0.2, 0.25) is 0 Å². The van der Waals surface area contributed by atoms with Crippen molar-refractivity contribution < 1.29 is 4.79 Å². The van der Waals surface area contributed by atoms with Crippen LogP contribution in [0.5, 0.6) is 0 Å². The Bertz CT molecular complexity index is 665. The van der Waals surface area contributed by atoms with Crippen molar-refractivity contribution in [1.82, 2.24) is 5.32 Å². The van der Waals surface area contributed by atoms with E-state index in [9.17, 15) is 4.79 Å². The molecule has 0 radical (unpaired) electrons. The number of nitrogens with zero attached hydrogens (tertiary/aromatic N) is 1. The molecule has 0 saturated heterocycles. The number of carbonyl (C=O) groups is 1. The van der Waals surface area contributed by atoms with Crippen LogP contribution < -0.4 is 10.2 Å². The highest BCUT2D eigenvalue weighted by molar-refractivity contribution is 6.24. The molecule has 1 N–H and O–H groups in total. The van der Waals surface area contributed by atoms with Crippen LogP contribution in [0.3, 0.4) is 0 Å². The van der Waals surface area contributed by atoms with E-state index in [0.29, 0.717) is 6.54 Å². The first-order valence-corrected chi connectivity index (χ1v) is 7.06. The van der Waals surface area contributed by atoms with Gasteiger partial charge in [0, 0.05) is 29.6 Å². The van der Waals surface area contributed by atoms with Crippen LogP contribution in [0, 0.1) is 0 Å². The molecule has 20 heavy (non-hydrogen) atoms. The molecule has 3 heteroatoms. The highest BCUT2D eigenvalue weighted by atomic mass is 16.2. The minimum absolute atomic E-state index is 0.0711. The molecule has 1 aliphatic heterocycles. The van der Waals surface area contributed by atoms with Gasteiger partial charge in [-0.1, -0.05) is 24.3 Å². The third kappa shape index (κ3) is 2.18. The lowest BCUT2D eigenvalue weighted by Gasteiger charge is -2.24. The van der Waals surface area contributed by atoms with Gasteiger partial charge < -0.3 is 10.2 Å². The Morgan fingerprint density at radius 2 is 1.80 bits per heavy atom. The van der Waals surface area contributed by atoms with Crippen molar-refractivity contribution in [3.63, 3.8) is 0 Å². The van der Waals surface area contributed by atoms with Crippen molar-refractivity contribution in [2.24, 2.45) is 0 Å². The fourth-order valence-electron chi connectivity index (χ4n) is 2.74. The standard InChI is InChI=1S/C17H20N2O/c1-17(2,3)18-10-11-19-14-9-5-7-12-6-4-8-13(15(12)14)16(19)20/h4-9,18H,10-11H2,1-3H3. The summed E-state index contributed by atoms with van der Waals surface area (Å²) >= 11 is 0. The molecule has 1 heterocycles. The van der Waals surface area contributed by atoms with E-state index in [4.69, 9.17) is 0 Å². The van der Waals surface area contributed by atoms with E-state index in [0.717, 1.165) is 28.6 Å². The Hall–Kier alpha value is -1.87. The Kier molecular flexibility index (Phi) is 3.02. The molecule has 0 spiro atoms. The van der Waals surface area contributed by atoms with Crippen molar-refractivity contribution in [3.8, 4) is 0 Å². The van der Waals surface area contributed by atoms with E-state index >= 15 is 0 Å². The Morgan fingerprint density at radius 3 is 2.50 bits per heavy atom. The molecule has 0 aromatic heterocycles. The quantitative estimate of drug-likeness (QED) is 0.927. The molecule has 0 fully saturated rings. The summed E-state index contributed by atoms with van der Waals surface area (Å²) in [5.74, 6) is 0.118. The topological polar surface area (TPSA) is 32.3 Å². The minimum Gasteiger partial charge on any atom is -0.310 e. The van der Waals surface area contributed by atoms with Gasteiger partial charge in [0.2, 0.25) is 0 Å². The van der Waals surface area contributed by atoms with Gasteiger partial charge in [-0.2, -0.15) is 0 Å². The van der Waals surface area contributed by atoms with Crippen molar-refractivity contribution in [1.29, 1.82) is 0 Å². The Labute approximate surface area is 119 Å². The summed E-state index contributed by atoms with van der Waals surface area (Å²) in [6, 6.07) is 12.1. The van der Waals surface area contributed by atoms with Gasteiger partial charge in [0.05, 0.1) is 5.69 Å². The van der Waals surface area contributed by atoms with Crippen molar-refractivity contribution in [3.05, 3.63) is 42.0 Å². The number of rotatable bonds is 3. The molecule has 0 bridgehead atoms. The Balaban J connectivity index is 1.89. The summed E-state index contributed by atoms with van der Waals surface area (Å²) in [4.78, 5) is 14.4. The summed E-state index contributed by atoms with van der Waals surface area (Å²) in [6.07, 6.45) is 0. The molecular weight excluding hydrogens is 248 g/mol. The second-order valence-corrected chi connectivity index (χ2v) is 6.31. The molecule has 2 aromatic rings. The molecule has 1 aliphatic rings. The highest BCUT2D eigenvalue weighted by Crippen LogP contribution is 2.36. The van der Waals surface area contributed by atoms with E-state index < -0.39 is 0 Å². The number of carbonyl (C=O) groups excluding carboxylic acids is 1. The van der Waals surface area contributed by atoms with E-state index in [1.165, 1.54) is 0 Å². The first kappa shape index (κ1) is 13.1. The van der Waals surface area contributed by atoms with E-state index in [1.807, 2.05) is 29.2 Å². The number of nitrogens with one attached hydrogen (secondary N) is 1. The van der Waals surface area contributed by atoms with Gasteiger partial charge in [0.15, 0.2) is 0 Å². The second kappa shape index (κ2) is 4.60. The molecule has 3 nitrogen and oxygen atoms in total. The van der Waals surface area contributed by atoms with Crippen LogP contribution >= 0.6 is 0 Å². The molecule has 0 unspecified atom stereocenters. The summed E-state index contributed by atoms with van der Waals surface area (Å²) in [6.45, 7) is 7.89. The predicted octanol–water partition coefficient (Wildman–Crippen LogP) is 3.19. The third-order valence-corrected chi connectivity index (χ3v) is 3.64. The van der Waals surface area contributed by atoms with Crippen LogP contribution in [0.25, 0.3) is 10.8 Å². The predicted molar refractivity (Wildman–Crippen MR) is 83.4 cm³/mol. The van der Waals surface area contributed by atoms with Gasteiger partial charge in [0.1, 0.15) is 0 Å². The molecule has 0 saturated carbocycles. The molecule has 2 aromatic carbocycles. The zero-order valence-corrected chi connectivity index (χ0v) is 12.2. The fourth-order valence-corrected chi connectivity index (χ4v) is 2.74. The monoisotopic (exact) mass is 268 g/mol. The van der Waals surface area contributed by atoms with Gasteiger partial charge in [-0.05, 0) is 38.3 Å². The molecule has 3 rings (SSSR count). The smallest absolute Gasteiger partial charge is 0.259 e. The van der Waals surface area contributed by atoms with Crippen LogP contribution in [0.4, 0.5) is 5.69 Å². The van der Waals surface area contributed by atoms with Crippen LogP contribution in [-0.4, -0.2) is 24.5 Å². The average molecular weight is 268 g/mol. The van der Waals surface area contributed by atoms with Gasteiger partial charge in [0.25, 0.3) is 5.91 Å². The molecule has 1 amide bonds. The molecule has 0 atom stereocenters. The maximum absolute atomic E-state index is 12.5. The normalized spacial score (nSPS) is 14.3. The second-order valence-electron chi connectivity index (χ2n) is 6.31. The maximum atomic E-state index is 12.5. The van der Waals surface area contributed by atoms with E-state index in [2.05, 4.69) is 38.2 Å². The minimum atomic E-state index is 0.0711. The van der Waals surface area contributed by atoms with Crippen LogP contribution in [0.15, 0.2) is 36.4 Å². The summed E-state index contributed by atoms with van der Waals surface area (Å²) in [7, 11) is 0. The van der Waals surface area contributed by atoms with Gasteiger partial charge >= 0.3 is 0 Å². The maximum Gasteiger partial charge on any atom is 0.259 e. The lowest BCUT2D eigenvalue weighted by molar-refractivity contribution is 0.0992. The van der Waals surface area contributed by atoms with Crippen molar-refractivity contribution in [2.75, 3.05) is 18.0 Å². The molecule has 0 aliphatic carbocycles. The summed E-state index contributed by atoms with van der Waals surface area (Å²) < 4.78 is 0. The third-order valence-electron chi connectivity index (χ3n) is 3.64. The summed E-state index contributed by atoms with van der Waals surface area (Å²) in [5, 5.41) is 5.67. The summed E-state index contributed by atoms with van der Waals surface area (Å²) in [5.41, 5.74) is 1.94. The number of hydrogen-bond acceptors (Lipinski definition) is 2. The number of benzene rings is 2. The Morgan fingerprint density at radius 1 is 1.10 bits per heavy atom. The lowest BCUT2D eigenvalue weighted by Crippen LogP contribution is -2.42.